The number of pyridine rings is 2. The number of fused-ring (bicyclic) bond motifs is 6. The number of carbonyl (C=O) groups excluding carboxylic acids is 2. The Morgan fingerprint density at radius 2 is 1.28 bits per heavy atom. The summed E-state index contributed by atoms with van der Waals surface area (Å²) in [5.74, 6) is 0.193. The fourth-order valence-corrected chi connectivity index (χ4v) is 4.58. The first-order valence-corrected chi connectivity index (χ1v) is 11.8. The van der Waals surface area contributed by atoms with Crippen molar-refractivity contribution in [3.05, 3.63) is 71.3 Å². The third kappa shape index (κ3) is 4.34. The molecule has 0 atom stereocenters. The molecule has 6 aromatic rings. The number of nitrogens with zero attached hydrogens (tertiary/aromatic N) is 2. The van der Waals surface area contributed by atoms with E-state index in [4.69, 9.17) is 39.4 Å². The molecule has 0 spiro atoms. The average Bonchev–Trinajstić information content (AvgIpc) is 3.56. The fourth-order valence-electron chi connectivity index (χ4n) is 4.34. The van der Waals surface area contributed by atoms with Crippen LogP contribution in [0.3, 0.4) is 0 Å². The van der Waals surface area contributed by atoms with Gasteiger partial charge in [-0.2, -0.15) is 0 Å². The maximum absolute atomic E-state index is 11.9. The van der Waals surface area contributed by atoms with E-state index in [2.05, 4.69) is 9.97 Å². The third-order valence-corrected chi connectivity index (χ3v) is 6.37. The number of esters is 2. The molecule has 0 N–H and O–H groups in total. The van der Waals surface area contributed by atoms with Crippen LogP contribution in [0.15, 0.2) is 63.8 Å². The number of ether oxygens (including phenoxy) is 4. The van der Waals surface area contributed by atoms with Crippen LogP contribution < -0.4 is 9.47 Å². The predicted molar refractivity (Wildman–Crippen MR) is 144 cm³/mol. The molecular formula is C28H21ClN2O8. The normalized spacial score (nSPS) is 10.9. The van der Waals surface area contributed by atoms with Gasteiger partial charge in [-0.25, -0.2) is 14.6 Å². The Morgan fingerprint density at radius 1 is 0.718 bits per heavy atom. The zero-order chi connectivity index (χ0) is 27.7. The van der Waals surface area contributed by atoms with Crippen molar-refractivity contribution in [1.29, 1.82) is 0 Å². The van der Waals surface area contributed by atoms with Gasteiger partial charge in [-0.3, -0.25) is 4.98 Å². The van der Waals surface area contributed by atoms with Gasteiger partial charge in [0, 0.05) is 34.7 Å². The van der Waals surface area contributed by atoms with Crippen LogP contribution in [0.2, 0.25) is 5.15 Å². The SMILES string of the molecule is COC(=O)c1ccc(OC)c2oc3ccnc(Cl)c3c12.COC(=O)c1ccc(OC)c2oc3ccncc3c12. The molecule has 11 heteroatoms. The van der Waals surface area contributed by atoms with Gasteiger partial charge >= 0.3 is 11.9 Å². The van der Waals surface area contributed by atoms with Crippen LogP contribution in [0.1, 0.15) is 20.7 Å². The lowest BCUT2D eigenvalue weighted by Crippen LogP contribution is -2.02. The summed E-state index contributed by atoms with van der Waals surface area (Å²) in [6.07, 6.45) is 4.83. The highest BCUT2D eigenvalue weighted by Gasteiger charge is 2.22. The minimum Gasteiger partial charge on any atom is -0.493 e. The molecule has 0 saturated heterocycles. The molecule has 0 aliphatic heterocycles. The molecule has 4 heterocycles. The van der Waals surface area contributed by atoms with Gasteiger partial charge in [0.15, 0.2) is 22.7 Å². The van der Waals surface area contributed by atoms with Crippen LogP contribution in [-0.4, -0.2) is 50.3 Å². The molecule has 198 valence electrons. The molecule has 0 fully saturated rings. The summed E-state index contributed by atoms with van der Waals surface area (Å²) in [7, 11) is 5.75. The van der Waals surface area contributed by atoms with Crippen LogP contribution in [0, 0.1) is 0 Å². The number of furan rings is 2. The summed E-state index contributed by atoms with van der Waals surface area (Å²) < 4.78 is 31.6. The Bertz CT molecular complexity index is 1870. The monoisotopic (exact) mass is 548 g/mol. The number of carbonyl (C=O) groups is 2. The smallest absolute Gasteiger partial charge is 0.338 e. The van der Waals surface area contributed by atoms with E-state index in [0.717, 1.165) is 5.39 Å². The van der Waals surface area contributed by atoms with Crippen LogP contribution in [0.25, 0.3) is 43.9 Å². The van der Waals surface area contributed by atoms with Crippen molar-refractivity contribution < 1.29 is 37.4 Å². The zero-order valence-electron chi connectivity index (χ0n) is 21.2. The molecule has 0 aliphatic carbocycles. The summed E-state index contributed by atoms with van der Waals surface area (Å²) in [4.78, 5) is 31.8. The van der Waals surface area contributed by atoms with Gasteiger partial charge in [-0.15, -0.1) is 0 Å². The molecular weight excluding hydrogens is 528 g/mol. The van der Waals surface area contributed by atoms with Crippen molar-refractivity contribution in [3.63, 3.8) is 0 Å². The van der Waals surface area contributed by atoms with Gasteiger partial charge in [-0.05, 0) is 36.4 Å². The molecule has 2 aromatic carbocycles. The number of rotatable bonds is 4. The maximum Gasteiger partial charge on any atom is 0.338 e. The molecule has 10 nitrogen and oxygen atoms in total. The van der Waals surface area contributed by atoms with Gasteiger partial charge in [0.05, 0.1) is 45.0 Å². The third-order valence-electron chi connectivity index (χ3n) is 6.08. The Morgan fingerprint density at radius 3 is 1.90 bits per heavy atom. The molecule has 39 heavy (non-hydrogen) atoms. The molecule has 0 radical (unpaired) electrons. The van der Waals surface area contributed by atoms with Gasteiger partial charge in [0.25, 0.3) is 0 Å². The van der Waals surface area contributed by atoms with Crippen LogP contribution >= 0.6 is 11.6 Å². The minimum atomic E-state index is -0.472. The van der Waals surface area contributed by atoms with Crippen LogP contribution in [0.4, 0.5) is 0 Å². The molecule has 6 rings (SSSR count). The number of methoxy groups -OCH3 is 4. The number of halogens is 1. The summed E-state index contributed by atoms with van der Waals surface area (Å²) in [5.41, 5.74) is 2.95. The van der Waals surface area contributed by atoms with Crippen molar-refractivity contribution >= 4 is 67.4 Å². The number of benzene rings is 2. The second-order valence-corrected chi connectivity index (χ2v) is 8.43. The maximum atomic E-state index is 11.9. The first-order valence-electron chi connectivity index (χ1n) is 11.5. The lowest BCUT2D eigenvalue weighted by Gasteiger charge is -2.04. The van der Waals surface area contributed by atoms with Crippen molar-refractivity contribution in [1.82, 2.24) is 9.97 Å². The molecule has 4 aromatic heterocycles. The topological polar surface area (TPSA) is 123 Å². The number of hydrogen-bond donors (Lipinski definition) is 0. The van der Waals surface area contributed by atoms with Crippen molar-refractivity contribution in [2.45, 2.75) is 0 Å². The van der Waals surface area contributed by atoms with E-state index in [1.165, 1.54) is 27.5 Å². The Labute approximate surface area is 226 Å². The van der Waals surface area contributed by atoms with E-state index in [1.54, 1.807) is 55.9 Å². The van der Waals surface area contributed by atoms with Crippen molar-refractivity contribution in [2.75, 3.05) is 28.4 Å². The molecule has 0 unspecified atom stereocenters. The number of hydrogen-bond acceptors (Lipinski definition) is 10. The highest BCUT2D eigenvalue weighted by atomic mass is 35.5. The largest absolute Gasteiger partial charge is 0.493 e. The highest BCUT2D eigenvalue weighted by molar-refractivity contribution is 6.37. The van der Waals surface area contributed by atoms with Crippen LogP contribution in [-0.2, 0) is 9.47 Å². The van der Waals surface area contributed by atoms with E-state index in [9.17, 15) is 9.59 Å². The summed E-state index contributed by atoms with van der Waals surface area (Å²) >= 11 is 6.13. The second kappa shape index (κ2) is 10.5. The van der Waals surface area contributed by atoms with E-state index >= 15 is 0 Å². The molecule has 0 bridgehead atoms. The average molecular weight is 549 g/mol. The molecule has 0 amide bonds. The second-order valence-electron chi connectivity index (χ2n) is 8.07. The lowest BCUT2D eigenvalue weighted by atomic mass is 10.1. The molecule has 0 aliphatic rings. The zero-order valence-corrected chi connectivity index (χ0v) is 22.0. The lowest BCUT2D eigenvalue weighted by molar-refractivity contribution is 0.0594. The van der Waals surface area contributed by atoms with E-state index in [0.29, 0.717) is 61.1 Å². The van der Waals surface area contributed by atoms with Crippen molar-refractivity contribution in [3.8, 4) is 11.5 Å². The minimum absolute atomic E-state index is 0.264. The van der Waals surface area contributed by atoms with Crippen molar-refractivity contribution in [2.24, 2.45) is 0 Å². The molecule has 0 saturated carbocycles. The summed E-state index contributed by atoms with van der Waals surface area (Å²) in [6, 6.07) is 10.0. The van der Waals surface area contributed by atoms with E-state index in [1.807, 2.05) is 0 Å². The quantitative estimate of drug-likeness (QED) is 0.185. The number of aromatic nitrogens is 2. The van der Waals surface area contributed by atoms with E-state index < -0.39 is 11.9 Å². The Hall–Kier alpha value is -4.83. The fraction of sp³-hybridized carbons (Fsp3) is 0.143. The predicted octanol–water partition coefficient (Wildman–Crippen LogP) is 6.21. The highest BCUT2D eigenvalue weighted by Crippen LogP contribution is 2.40. The van der Waals surface area contributed by atoms with Gasteiger partial charge in [-0.1, -0.05) is 11.6 Å². The van der Waals surface area contributed by atoms with Gasteiger partial charge in [0.1, 0.15) is 16.3 Å². The van der Waals surface area contributed by atoms with Gasteiger partial charge < -0.3 is 27.8 Å². The van der Waals surface area contributed by atoms with Crippen LogP contribution in [0.5, 0.6) is 11.5 Å². The first-order chi connectivity index (χ1) is 18.9. The first kappa shape index (κ1) is 25.8. The Kier molecular flexibility index (Phi) is 6.95. The Balaban J connectivity index is 0.000000158. The van der Waals surface area contributed by atoms with Gasteiger partial charge in [0.2, 0.25) is 0 Å². The summed E-state index contributed by atoms with van der Waals surface area (Å²) in [5, 5.41) is 2.80. The standard InChI is InChI=1S/C14H10ClNO4.C14H11NO4/c1-18-9-4-3-7(14(17)19-2)10-11-8(20-12(9)10)5-6-16-13(11)15;1-17-11-4-3-8(14(16)18-2)12-9-7-15-6-5-10(9)19-13(11)12/h3-6H,1-2H3;3-7H,1-2H3. The van der Waals surface area contributed by atoms with E-state index in [-0.39, 0.29) is 5.15 Å². The summed E-state index contributed by atoms with van der Waals surface area (Å²) in [6.45, 7) is 0.